The second-order valence-electron chi connectivity index (χ2n) is 7.23. The van der Waals surface area contributed by atoms with Crippen LogP contribution in [-0.4, -0.2) is 51.8 Å². The first kappa shape index (κ1) is 17.9. The molecule has 3 rings (SSSR count). The molecule has 1 aliphatic rings. The Kier molecular flexibility index (Phi) is 5.68. The molecule has 1 saturated heterocycles. The van der Waals surface area contributed by atoms with Crippen molar-refractivity contribution in [3.63, 3.8) is 0 Å². The Bertz CT molecular complexity index is 731. The van der Waals surface area contributed by atoms with E-state index in [2.05, 4.69) is 34.1 Å². The zero-order valence-electron chi connectivity index (χ0n) is 15.6. The Balaban J connectivity index is 1.59. The average molecular weight is 343 g/mol. The Morgan fingerprint density at radius 3 is 2.76 bits per heavy atom. The van der Waals surface area contributed by atoms with Crippen LogP contribution in [0.3, 0.4) is 0 Å². The number of amides is 1. The highest BCUT2D eigenvalue weighted by molar-refractivity contribution is 5.98. The van der Waals surface area contributed by atoms with Gasteiger partial charge in [0.25, 0.3) is 5.91 Å². The molecule has 0 aliphatic carbocycles. The van der Waals surface area contributed by atoms with E-state index >= 15 is 0 Å². The maximum absolute atomic E-state index is 12.5. The summed E-state index contributed by atoms with van der Waals surface area (Å²) >= 11 is 0. The summed E-state index contributed by atoms with van der Waals surface area (Å²) in [6, 6.07) is 2.16. The van der Waals surface area contributed by atoms with Gasteiger partial charge in [0.1, 0.15) is 0 Å². The van der Waals surface area contributed by atoms with E-state index in [0.717, 1.165) is 29.7 Å². The van der Waals surface area contributed by atoms with Gasteiger partial charge >= 0.3 is 0 Å². The van der Waals surface area contributed by atoms with Gasteiger partial charge in [-0.15, -0.1) is 0 Å². The molecule has 0 radical (unpaired) electrons. The highest BCUT2D eigenvalue weighted by Gasteiger charge is 2.15. The molecule has 6 heteroatoms. The molecule has 1 fully saturated rings. The lowest BCUT2D eigenvalue weighted by molar-refractivity contribution is 0.0950. The maximum Gasteiger partial charge on any atom is 0.253 e. The molecule has 2 aromatic rings. The number of nitrogens with zero attached hydrogens (tertiary/aromatic N) is 4. The summed E-state index contributed by atoms with van der Waals surface area (Å²) in [6.45, 7) is 10.2. The summed E-state index contributed by atoms with van der Waals surface area (Å²) in [5.41, 5.74) is 2.24. The van der Waals surface area contributed by atoms with Gasteiger partial charge in [-0.1, -0.05) is 6.42 Å². The fraction of sp³-hybridized carbons (Fsp3) is 0.632. The molecular formula is C19H29N5O. The summed E-state index contributed by atoms with van der Waals surface area (Å²) in [5.74, 6) is -0.0390. The summed E-state index contributed by atoms with van der Waals surface area (Å²) in [4.78, 5) is 19.6. The van der Waals surface area contributed by atoms with E-state index in [1.54, 1.807) is 6.20 Å². The van der Waals surface area contributed by atoms with Crippen molar-refractivity contribution in [1.29, 1.82) is 0 Å². The number of piperidine rings is 1. The van der Waals surface area contributed by atoms with Gasteiger partial charge in [-0.2, -0.15) is 5.10 Å². The number of likely N-dealkylation sites (tertiary alicyclic amines) is 1. The van der Waals surface area contributed by atoms with Crippen molar-refractivity contribution < 1.29 is 4.79 Å². The molecule has 136 valence electrons. The van der Waals surface area contributed by atoms with E-state index in [1.807, 2.05) is 17.7 Å². The van der Waals surface area contributed by atoms with Crippen molar-refractivity contribution in [2.45, 2.75) is 52.5 Å². The summed E-state index contributed by atoms with van der Waals surface area (Å²) in [6.07, 6.45) is 6.75. The lowest BCUT2D eigenvalue weighted by atomic mass is 10.1. The van der Waals surface area contributed by atoms with Crippen LogP contribution in [0.4, 0.5) is 0 Å². The Morgan fingerprint density at radius 1 is 1.28 bits per heavy atom. The number of aryl methyl sites for hydroxylation is 1. The molecule has 0 aromatic carbocycles. The summed E-state index contributed by atoms with van der Waals surface area (Å²) in [5, 5.41) is 8.34. The molecule has 25 heavy (non-hydrogen) atoms. The molecule has 0 saturated carbocycles. The summed E-state index contributed by atoms with van der Waals surface area (Å²) < 4.78 is 1.89. The van der Waals surface area contributed by atoms with Crippen LogP contribution in [0, 0.1) is 6.92 Å². The van der Waals surface area contributed by atoms with Crippen molar-refractivity contribution in [3.8, 4) is 0 Å². The molecule has 1 amide bonds. The zero-order valence-corrected chi connectivity index (χ0v) is 15.6. The van der Waals surface area contributed by atoms with Crippen LogP contribution in [0.25, 0.3) is 11.0 Å². The van der Waals surface area contributed by atoms with E-state index in [9.17, 15) is 4.79 Å². The third-order valence-electron chi connectivity index (χ3n) is 4.88. The van der Waals surface area contributed by atoms with Crippen LogP contribution in [0.15, 0.2) is 12.3 Å². The maximum atomic E-state index is 12.5. The Morgan fingerprint density at radius 2 is 2.04 bits per heavy atom. The van der Waals surface area contributed by atoms with Gasteiger partial charge < -0.3 is 10.2 Å². The number of carbonyl (C=O) groups is 1. The Labute approximate surface area is 149 Å². The smallest absolute Gasteiger partial charge is 0.253 e. The van der Waals surface area contributed by atoms with Gasteiger partial charge in [-0.25, -0.2) is 9.67 Å². The van der Waals surface area contributed by atoms with Crippen LogP contribution in [0.2, 0.25) is 0 Å². The van der Waals surface area contributed by atoms with Gasteiger partial charge in [-0.05, 0) is 65.7 Å². The topological polar surface area (TPSA) is 63.1 Å². The molecule has 2 aromatic heterocycles. The van der Waals surface area contributed by atoms with Crippen LogP contribution in [-0.2, 0) is 0 Å². The molecule has 0 unspecified atom stereocenters. The minimum Gasteiger partial charge on any atom is -0.352 e. The fourth-order valence-corrected chi connectivity index (χ4v) is 3.46. The molecule has 6 nitrogen and oxygen atoms in total. The van der Waals surface area contributed by atoms with E-state index in [0.29, 0.717) is 12.1 Å². The number of hydrogen-bond acceptors (Lipinski definition) is 4. The second kappa shape index (κ2) is 7.95. The van der Waals surface area contributed by atoms with Crippen molar-refractivity contribution >= 4 is 16.9 Å². The van der Waals surface area contributed by atoms with Crippen molar-refractivity contribution in [1.82, 2.24) is 25.0 Å². The number of hydrogen-bond donors (Lipinski definition) is 1. The highest BCUT2D eigenvalue weighted by Crippen LogP contribution is 2.19. The normalized spacial score (nSPS) is 15.8. The quantitative estimate of drug-likeness (QED) is 0.819. The monoisotopic (exact) mass is 343 g/mol. The van der Waals surface area contributed by atoms with Gasteiger partial charge in [0.15, 0.2) is 5.65 Å². The molecule has 0 spiro atoms. The first-order chi connectivity index (χ1) is 12.1. The fourth-order valence-electron chi connectivity index (χ4n) is 3.46. The predicted octanol–water partition coefficient (Wildman–Crippen LogP) is 2.93. The van der Waals surface area contributed by atoms with Crippen molar-refractivity contribution in [2.75, 3.05) is 26.2 Å². The molecule has 0 bridgehead atoms. The SMILES string of the molecule is Cc1nc2c(cnn2C(C)C)cc1C(=O)NCCCN1CCCCC1. The number of fused-ring (bicyclic) bond motifs is 1. The van der Waals surface area contributed by atoms with Gasteiger partial charge in [0.05, 0.1) is 17.5 Å². The largest absolute Gasteiger partial charge is 0.352 e. The van der Waals surface area contributed by atoms with E-state index < -0.39 is 0 Å². The molecular weight excluding hydrogens is 314 g/mol. The summed E-state index contributed by atoms with van der Waals surface area (Å²) in [7, 11) is 0. The first-order valence-electron chi connectivity index (χ1n) is 9.41. The minimum absolute atomic E-state index is 0.0390. The average Bonchev–Trinajstić information content (AvgIpc) is 3.01. The van der Waals surface area contributed by atoms with Crippen molar-refractivity contribution in [2.24, 2.45) is 0 Å². The van der Waals surface area contributed by atoms with Gasteiger partial charge in [0, 0.05) is 18.0 Å². The van der Waals surface area contributed by atoms with E-state index in [-0.39, 0.29) is 11.9 Å². The number of pyridine rings is 1. The third kappa shape index (κ3) is 4.18. The third-order valence-corrected chi connectivity index (χ3v) is 4.88. The predicted molar refractivity (Wildman–Crippen MR) is 99.9 cm³/mol. The number of carbonyl (C=O) groups excluding carboxylic acids is 1. The van der Waals surface area contributed by atoms with Crippen molar-refractivity contribution in [3.05, 3.63) is 23.5 Å². The molecule has 3 heterocycles. The molecule has 1 N–H and O–H groups in total. The van der Waals surface area contributed by atoms with Gasteiger partial charge in [0.2, 0.25) is 0 Å². The van der Waals surface area contributed by atoms with E-state index in [4.69, 9.17) is 0 Å². The Hall–Kier alpha value is -1.95. The van der Waals surface area contributed by atoms with Crippen LogP contribution in [0.1, 0.15) is 61.6 Å². The molecule has 1 aliphatic heterocycles. The highest BCUT2D eigenvalue weighted by atomic mass is 16.1. The minimum atomic E-state index is -0.0390. The number of aromatic nitrogens is 3. The van der Waals surface area contributed by atoms with Crippen LogP contribution in [0.5, 0.6) is 0 Å². The van der Waals surface area contributed by atoms with E-state index in [1.165, 1.54) is 32.4 Å². The standard InChI is InChI=1S/C19H29N5O/c1-14(2)24-18-16(13-21-24)12-17(15(3)22-18)19(25)20-8-7-11-23-9-5-4-6-10-23/h12-14H,4-11H2,1-3H3,(H,20,25). The second-order valence-corrected chi connectivity index (χ2v) is 7.23. The van der Waals surface area contributed by atoms with Crippen LogP contribution < -0.4 is 5.32 Å². The first-order valence-corrected chi connectivity index (χ1v) is 9.41. The van der Waals surface area contributed by atoms with Gasteiger partial charge in [-0.3, -0.25) is 4.79 Å². The number of nitrogens with one attached hydrogen (secondary N) is 1. The zero-order chi connectivity index (χ0) is 17.8. The lowest BCUT2D eigenvalue weighted by Gasteiger charge is -2.26. The lowest BCUT2D eigenvalue weighted by Crippen LogP contribution is -2.33. The van der Waals surface area contributed by atoms with Crippen LogP contribution >= 0.6 is 0 Å². The number of rotatable bonds is 6. The molecule has 0 atom stereocenters.